The normalized spacial score (nSPS) is 12.5. The third kappa shape index (κ3) is 8.73. The van der Waals surface area contributed by atoms with Gasteiger partial charge in [-0.15, -0.1) is 10.2 Å². The summed E-state index contributed by atoms with van der Waals surface area (Å²) < 4.78 is 7.67. The molecular weight excluding hydrogens is 637 g/mol. The molecule has 2 aromatic heterocycles. The maximum Gasteiger partial charge on any atom is 0.408 e. The van der Waals surface area contributed by atoms with Crippen molar-refractivity contribution in [3.05, 3.63) is 155 Å². The molecule has 0 aliphatic heterocycles. The highest BCUT2D eigenvalue weighted by Crippen LogP contribution is 2.31. The quantitative estimate of drug-likeness (QED) is 0.122. The van der Waals surface area contributed by atoms with Gasteiger partial charge in [0.05, 0.1) is 6.04 Å². The van der Waals surface area contributed by atoms with Crippen LogP contribution in [0, 0.1) is 0 Å². The lowest BCUT2D eigenvalue weighted by molar-refractivity contribution is -0.127. The Balaban J connectivity index is 1.43. The van der Waals surface area contributed by atoms with Crippen LogP contribution in [0.5, 0.6) is 0 Å². The summed E-state index contributed by atoms with van der Waals surface area (Å²) in [4.78, 5) is 30.4. The first-order valence-corrected chi connectivity index (χ1v) is 17.4. The number of carbonyl (C=O) groups excluding carboxylic acids is 2. The largest absolute Gasteiger partial charge is 0.444 e. The number of alkyl carbamates (subject to hydrolysis) is 1. The number of rotatable bonds is 12. The van der Waals surface area contributed by atoms with Crippen molar-refractivity contribution in [1.29, 1.82) is 0 Å². The second-order valence-corrected chi connectivity index (χ2v) is 14.5. The molecule has 2 heterocycles. The summed E-state index contributed by atoms with van der Waals surface area (Å²) in [6.07, 6.45) is 2.31. The summed E-state index contributed by atoms with van der Waals surface area (Å²) in [5.74, 6) is 1.02. The molecule has 3 N–H and O–H groups in total. The highest BCUT2D eigenvalue weighted by molar-refractivity contribution is 5.89. The second-order valence-electron chi connectivity index (χ2n) is 14.5. The molecule has 0 saturated heterocycles. The second kappa shape index (κ2) is 15.0. The Bertz CT molecular complexity index is 2020. The fraction of sp³-hybridized carbons (Fsp3) is 0.286. The van der Waals surface area contributed by atoms with Crippen molar-refractivity contribution in [2.45, 2.75) is 77.1 Å². The van der Waals surface area contributed by atoms with Gasteiger partial charge in [-0.3, -0.25) is 4.79 Å². The Labute approximate surface area is 299 Å². The minimum Gasteiger partial charge on any atom is -0.444 e. The van der Waals surface area contributed by atoms with Gasteiger partial charge >= 0.3 is 6.09 Å². The van der Waals surface area contributed by atoms with Gasteiger partial charge < -0.3 is 24.9 Å². The van der Waals surface area contributed by atoms with E-state index in [4.69, 9.17) is 14.9 Å². The molecule has 2 amide bonds. The summed E-state index contributed by atoms with van der Waals surface area (Å²) in [5, 5.41) is 16.7. The summed E-state index contributed by atoms with van der Waals surface area (Å²) >= 11 is 0. The van der Waals surface area contributed by atoms with Gasteiger partial charge in [0.25, 0.3) is 0 Å². The number of aromatic amines is 1. The first kappa shape index (κ1) is 35.1. The number of amides is 2. The van der Waals surface area contributed by atoms with E-state index in [-0.39, 0.29) is 11.8 Å². The number of H-pyrrole nitrogens is 1. The van der Waals surface area contributed by atoms with E-state index in [0.29, 0.717) is 25.2 Å². The van der Waals surface area contributed by atoms with Crippen LogP contribution < -0.4 is 10.6 Å². The van der Waals surface area contributed by atoms with Crippen LogP contribution in [0.3, 0.4) is 0 Å². The maximum atomic E-state index is 14.2. The first-order chi connectivity index (χ1) is 24.5. The van der Waals surface area contributed by atoms with Gasteiger partial charge in [-0.05, 0) is 62.9 Å². The first-order valence-electron chi connectivity index (χ1n) is 17.4. The summed E-state index contributed by atoms with van der Waals surface area (Å²) in [6.45, 7) is 9.24. The molecular formula is C42H46N6O3. The van der Waals surface area contributed by atoms with Crippen LogP contribution in [-0.4, -0.2) is 42.9 Å². The lowest BCUT2D eigenvalue weighted by Gasteiger charge is -2.30. The number of hydrogen-bond acceptors (Lipinski definition) is 5. The lowest BCUT2D eigenvalue weighted by Crippen LogP contribution is -2.56. The Morgan fingerprint density at radius 2 is 1.37 bits per heavy atom. The fourth-order valence-corrected chi connectivity index (χ4v) is 6.35. The molecule has 9 nitrogen and oxygen atoms in total. The molecule has 0 saturated carbocycles. The number of carbonyl (C=O) groups is 2. The van der Waals surface area contributed by atoms with E-state index in [1.807, 2.05) is 54.7 Å². The van der Waals surface area contributed by atoms with Crippen molar-refractivity contribution >= 4 is 22.9 Å². The zero-order chi connectivity index (χ0) is 36.0. The Hall–Kier alpha value is -5.70. The molecule has 0 unspecified atom stereocenters. The van der Waals surface area contributed by atoms with Crippen LogP contribution in [0.4, 0.5) is 4.79 Å². The monoisotopic (exact) mass is 682 g/mol. The van der Waals surface area contributed by atoms with E-state index >= 15 is 0 Å². The zero-order valence-corrected chi connectivity index (χ0v) is 29.9. The summed E-state index contributed by atoms with van der Waals surface area (Å²) in [6, 6.07) is 38.6. The predicted octanol–water partition coefficient (Wildman–Crippen LogP) is 7.89. The van der Waals surface area contributed by atoms with Crippen molar-refractivity contribution in [2.75, 3.05) is 0 Å². The number of hydrogen-bond donors (Lipinski definition) is 3. The van der Waals surface area contributed by atoms with Crippen LogP contribution in [0.2, 0.25) is 0 Å². The molecule has 6 aromatic rings. The number of ether oxygens (including phenoxy) is 1. The predicted molar refractivity (Wildman–Crippen MR) is 200 cm³/mol. The minimum absolute atomic E-state index is 0.0219. The smallest absolute Gasteiger partial charge is 0.408 e. The van der Waals surface area contributed by atoms with Crippen molar-refractivity contribution in [2.24, 2.45) is 0 Å². The van der Waals surface area contributed by atoms with Crippen LogP contribution in [0.1, 0.15) is 80.5 Å². The molecule has 6 rings (SSSR count). The van der Waals surface area contributed by atoms with Gasteiger partial charge in [-0.25, -0.2) is 4.79 Å². The van der Waals surface area contributed by atoms with Crippen molar-refractivity contribution in [3.63, 3.8) is 0 Å². The summed E-state index contributed by atoms with van der Waals surface area (Å²) in [5.41, 5.74) is 3.44. The standard InChI is InChI=1S/C42H46N6O3/c1-41(2,3)51-40(50)45-42(4,5)39(49)44-36(26-32-27-43-35-24-16-15-23-33(32)35)38-47-46-37(25-29-17-9-6-10-18-29)48(38)28-34(30-19-11-7-12-20-30)31-21-13-8-14-22-31/h6-24,27,34,36,43H,25-26,28H2,1-5H3,(H,44,49)(H,45,50)/t36-/m1/s1. The molecule has 1 atom stereocenters. The molecule has 262 valence electrons. The van der Waals surface area contributed by atoms with E-state index in [1.165, 1.54) is 0 Å². The average molecular weight is 683 g/mol. The maximum absolute atomic E-state index is 14.2. The molecule has 0 spiro atoms. The zero-order valence-electron chi connectivity index (χ0n) is 29.9. The molecule has 9 heteroatoms. The third-order valence-corrected chi connectivity index (χ3v) is 8.93. The summed E-state index contributed by atoms with van der Waals surface area (Å²) in [7, 11) is 0. The van der Waals surface area contributed by atoms with Gasteiger partial charge in [-0.1, -0.05) is 109 Å². The number of nitrogens with zero attached hydrogens (tertiary/aromatic N) is 3. The van der Waals surface area contributed by atoms with Crippen LogP contribution in [-0.2, 0) is 28.9 Å². The number of nitrogens with one attached hydrogen (secondary N) is 3. The Morgan fingerprint density at radius 3 is 2.00 bits per heavy atom. The van der Waals surface area contributed by atoms with Gasteiger partial charge in [-0.2, -0.15) is 0 Å². The van der Waals surface area contributed by atoms with Gasteiger partial charge in [0.15, 0.2) is 5.82 Å². The number of benzene rings is 4. The highest BCUT2D eigenvalue weighted by atomic mass is 16.6. The van der Waals surface area contributed by atoms with Crippen LogP contribution in [0.25, 0.3) is 10.9 Å². The molecule has 0 aliphatic rings. The molecule has 0 bridgehead atoms. The van der Waals surface area contributed by atoms with E-state index in [1.54, 1.807) is 34.6 Å². The van der Waals surface area contributed by atoms with Crippen molar-refractivity contribution in [3.8, 4) is 0 Å². The third-order valence-electron chi connectivity index (χ3n) is 8.93. The minimum atomic E-state index is -1.30. The molecule has 4 aromatic carbocycles. The van der Waals surface area contributed by atoms with Gasteiger partial charge in [0.1, 0.15) is 17.0 Å². The van der Waals surface area contributed by atoms with Crippen LogP contribution >= 0.6 is 0 Å². The molecule has 0 radical (unpaired) electrons. The SMILES string of the molecule is CC(C)(C)OC(=O)NC(C)(C)C(=O)N[C@H](Cc1c[nH]c2ccccc12)c1nnc(Cc2ccccc2)n1CC(c1ccccc1)c1ccccc1. The lowest BCUT2D eigenvalue weighted by atomic mass is 9.91. The van der Waals surface area contributed by atoms with Gasteiger partial charge in [0, 0.05) is 42.4 Å². The van der Waals surface area contributed by atoms with Crippen molar-refractivity contribution in [1.82, 2.24) is 30.4 Å². The molecule has 0 fully saturated rings. The van der Waals surface area contributed by atoms with Crippen molar-refractivity contribution < 1.29 is 14.3 Å². The molecule has 0 aliphatic carbocycles. The topological polar surface area (TPSA) is 114 Å². The van der Waals surface area contributed by atoms with E-state index in [0.717, 1.165) is 39.0 Å². The molecule has 51 heavy (non-hydrogen) atoms. The van der Waals surface area contributed by atoms with Gasteiger partial charge in [0.2, 0.25) is 5.91 Å². The van der Waals surface area contributed by atoms with E-state index in [9.17, 15) is 9.59 Å². The van der Waals surface area contributed by atoms with E-state index < -0.39 is 23.3 Å². The fourth-order valence-electron chi connectivity index (χ4n) is 6.35. The Morgan fingerprint density at radius 1 is 0.784 bits per heavy atom. The van der Waals surface area contributed by atoms with E-state index in [2.05, 4.69) is 86.9 Å². The average Bonchev–Trinajstić information content (AvgIpc) is 3.70. The number of fused-ring (bicyclic) bond motifs is 1. The van der Waals surface area contributed by atoms with Crippen LogP contribution in [0.15, 0.2) is 121 Å². The number of aromatic nitrogens is 4. The highest BCUT2D eigenvalue weighted by Gasteiger charge is 2.35. The Kier molecular flexibility index (Phi) is 10.4. The number of para-hydroxylation sites is 1.